The molecule has 3 N–H and O–H groups in total. The zero-order valence-electron chi connectivity index (χ0n) is 9.28. The minimum absolute atomic E-state index is 0.0274. The monoisotopic (exact) mass is 343 g/mol. The van der Waals surface area contributed by atoms with Gasteiger partial charge >= 0.3 is 5.97 Å². The molecule has 98 valence electrons. The number of halogens is 2. The van der Waals surface area contributed by atoms with Crippen LogP contribution in [-0.2, 0) is 0 Å². The van der Waals surface area contributed by atoms with Crippen molar-refractivity contribution in [2.75, 3.05) is 5.32 Å². The van der Waals surface area contributed by atoms with Crippen molar-refractivity contribution in [3.63, 3.8) is 0 Å². The summed E-state index contributed by atoms with van der Waals surface area (Å²) in [6.45, 7) is 0. The first-order chi connectivity index (χ1) is 8.97. The van der Waals surface area contributed by atoms with Crippen molar-refractivity contribution in [2.45, 2.75) is 0 Å². The number of amides is 1. The Labute approximate surface area is 120 Å². The Bertz CT molecular complexity index is 656. The van der Waals surface area contributed by atoms with E-state index in [-0.39, 0.29) is 16.4 Å². The van der Waals surface area contributed by atoms with Crippen molar-refractivity contribution >= 4 is 45.1 Å². The van der Waals surface area contributed by atoms with E-state index in [1.807, 2.05) is 0 Å². The number of H-pyrrole nitrogens is 1. The number of carboxylic acids is 1. The van der Waals surface area contributed by atoms with E-state index in [2.05, 4.69) is 31.2 Å². The number of hydrogen-bond acceptors (Lipinski definition) is 3. The second-order valence-electron chi connectivity index (χ2n) is 3.53. The summed E-state index contributed by atoms with van der Waals surface area (Å²) in [4.78, 5) is 29.1. The van der Waals surface area contributed by atoms with Crippen LogP contribution in [0.4, 0.5) is 5.69 Å². The minimum Gasteiger partial charge on any atom is -0.478 e. The quantitative estimate of drug-likeness (QED) is 0.798. The molecule has 0 saturated carbocycles. The van der Waals surface area contributed by atoms with Crippen LogP contribution in [0, 0.1) is 0 Å². The molecule has 1 aromatic heterocycles. The summed E-state index contributed by atoms with van der Waals surface area (Å²) in [5, 5.41) is 11.4. The number of nitrogens with zero attached hydrogens (tertiary/aromatic N) is 1. The highest BCUT2D eigenvalue weighted by atomic mass is 79.9. The number of benzene rings is 1. The lowest BCUT2D eigenvalue weighted by Crippen LogP contribution is -2.13. The molecule has 6 nitrogen and oxygen atoms in total. The molecule has 0 saturated heterocycles. The van der Waals surface area contributed by atoms with E-state index in [1.54, 1.807) is 0 Å². The second kappa shape index (κ2) is 5.41. The lowest BCUT2D eigenvalue weighted by molar-refractivity contribution is 0.0697. The molecule has 0 radical (unpaired) electrons. The van der Waals surface area contributed by atoms with Crippen LogP contribution in [0.1, 0.15) is 21.0 Å². The molecule has 1 heterocycles. The summed E-state index contributed by atoms with van der Waals surface area (Å²) in [5.74, 6) is -1.45. The van der Waals surface area contributed by atoms with Crippen LogP contribution in [0.25, 0.3) is 0 Å². The third kappa shape index (κ3) is 3.12. The van der Waals surface area contributed by atoms with E-state index in [0.717, 1.165) is 0 Å². The number of nitrogens with one attached hydrogen (secondary N) is 2. The third-order valence-corrected chi connectivity index (χ3v) is 2.93. The minimum atomic E-state index is -1.13. The summed E-state index contributed by atoms with van der Waals surface area (Å²) < 4.78 is 0.580. The molecule has 0 bridgehead atoms. The maximum atomic E-state index is 11.8. The van der Waals surface area contributed by atoms with Crippen LogP contribution in [0.15, 0.2) is 29.0 Å². The van der Waals surface area contributed by atoms with Crippen molar-refractivity contribution in [3.8, 4) is 0 Å². The fourth-order valence-electron chi connectivity index (χ4n) is 1.37. The Morgan fingerprint density at radius 1 is 1.42 bits per heavy atom. The highest BCUT2D eigenvalue weighted by Gasteiger charge is 2.12. The van der Waals surface area contributed by atoms with Crippen molar-refractivity contribution in [3.05, 3.63) is 45.4 Å². The van der Waals surface area contributed by atoms with Crippen LogP contribution >= 0.6 is 27.5 Å². The average Bonchev–Trinajstić information content (AvgIpc) is 2.75. The highest BCUT2D eigenvalue weighted by molar-refractivity contribution is 9.10. The van der Waals surface area contributed by atoms with E-state index >= 15 is 0 Å². The van der Waals surface area contributed by atoms with Crippen LogP contribution in [0.3, 0.4) is 0 Å². The normalized spacial score (nSPS) is 10.2. The number of aromatic nitrogens is 2. The third-order valence-electron chi connectivity index (χ3n) is 2.22. The predicted octanol–water partition coefficient (Wildman–Crippen LogP) is 2.78. The summed E-state index contributed by atoms with van der Waals surface area (Å²) >= 11 is 8.93. The van der Waals surface area contributed by atoms with Gasteiger partial charge in [0.25, 0.3) is 5.91 Å². The van der Waals surface area contributed by atoms with E-state index < -0.39 is 11.9 Å². The number of carbonyl (C=O) groups excluding carboxylic acids is 1. The van der Waals surface area contributed by atoms with Crippen molar-refractivity contribution < 1.29 is 14.7 Å². The van der Waals surface area contributed by atoms with Gasteiger partial charge < -0.3 is 15.4 Å². The molecule has 0 fully saturated rings. The zero-order valence-corrected chi connectivity index (χ0v) is 11.6. The van der Waals surface area contributed by atoms with Gasteiger partial charge in [0.15, 0.2) is 5.82 Å². The smallest absolute Gasteiger partial charge is 0.337 e. The number of anilines is 1. The first-order valence-corrected chi connectivity index (χ1v) is 6.19. The average molecular weight is 345 g/mol. The summed E-state index contributed by atoms with van der Waals surface area (Å²) in [6.07, 6.45) is 1.45. The van der Waals surface area contributed by atoms with Gasteiger partial charge in [0.2, 0.25) is 0 Å². The topological polar surface area (TPSA) is 95.1 Å². The molecule has 0 unspecified atom stereocenters. The van der Waals surface area contributed by atoms with Gasteiger partial charge in [0.05, 0.1) is 16.8 Å². The molecule has 2 aromatic rings. The Morgan fingerprint density at radius 2 is 2.16 bits per heavy atom. The van der Waals surface area contributed by atoms with E-state index in [1.165, 1.54) is 24.4 Å². The SMILES string of the molecule is O=C(Nc1ccc(C(=O)O)c(Cl)c1)c1ncc(Br)[nH]1. The number of carboxylic acid groups (broad SMARTS) is 1. The lowest BCUT2D eigenvalue weighted by Gasteiger charge is -2.05. The van der Waals surface area contributed by atoms with Crippen LogP contribution < -0.4 is 5.32 Å². The van der Waals surface area contributed by atoms with E-state index in [9.17, 15) is 9.59 Å². The highest BCUT2D eigenvalue weighted by Crippen LogP contribution is 2.21. The maximum Gasteiger partial charge on any atom is 0.337 e. The fourth-order valence-corrected chi connectivity index (χ4v) is 1.92. The second-order valence-corrected chi connectivity index (χ2v) is 4.80. The van der Waals surface area contributed by atoms with Gasteiger partial charge in [-0.15, -0.1) is 0 Å². The molecule has 0 aliphatic rings. The van der Waals surface area contributed by atoms with E-state index in [4.69, 9.17) is 16.7 Å². The molecule has 19 heavy (non-hydrogen) atoms. The number of aromatic amines is 1. The Balaban J connectivity index is 2.18. The summed E-state index contributed by atoms with van der Waals surface area (Å²) in [7, 11) is 0. The molecule has 0 aliphatic carbocycles. The lowest BCUT2D eigenvalue weighted by atomic mass is 10.2. The number of hydrogen-bond donors (Lipinski definition) is 3. The van der Waals surface area contributed by atoms with Gasteiger partial charge in [-0.25, -0.2) is 9.78 Å². The first-order valence-electron chi connectivity index (χ1n) is 5.02. The van der Waals surface area contributed by atoms with Crippen LogP contribution in [0.2, 0.25) is 5.02 Å². The number of aromatic carboxylic acids is 1. The van der Waals surface area contributed by atoms with Crippen LogP contribution in [-0.4, -0.2) is 27.0 Å². The number of carbonyl (C=O) groups is 2. The van der Waals surface area contributed by atoms with Crippen LogP contribution in [0.5, 0.6) is 0 Å². The first kappa shape index (κ1) is 13.6. The molecule has 1 amide bonds. The molecule has 0 atom stereocenters. The predicted molar refractivity (Wildman–Crippen MR) is 72.7 cm³/mol. The Kier molecular flexibility index (Phi) is 3.87. The molecule has 0 spiro atoms. The van der Waals surface area contributed by atoms with Crippen molar-refractivity contribution in [1.82, 2.24) is 9.97 Å². The largest absolute Gasteiger partial charge is 0.478 e. The Morgan fingerprint density at radius 3 is 2.68 bits per heavy atom. The fraction of sp³-hybridized carbons (Fsp3) is 0. The van der Waals surface area contributed by atoms with Crippen molar-refractivity contribution in [1.29, 1.82) is 0 Å². The van der Waals surface area contributed by atoms with Gasteiger partial charge in [0.1, 0.15) is 4.60 Å². The van der Waals surface area contributed by atoms with Gasteiger partial charge in [-0.2, -0.15) is 0 Å². The van der Waals surface area contributed by atoms with Gasteiger partial charge in [-0.1, -0.05) is 11.6 Å². The molecule has 1 aromatic carbocycles. The van der Waals surface area contributed by atoms with Gasteiger partial charge in [0, 0.05) is 5.69 Å². The Hall–Kier alpha value is -1.86. The molecule has 2 rings (SSSR count). The number of imidazole rings is 1. The summed E-state index contributed by atoms with van der Waals surface area (Å²) in [6, 6.07) is 4.13. The maximum absolute atomic E-state index is 11.8. The molecule has 8 heteroatoms. The van der Waals surface area contributed by atoms with Gasteiger partial charge in [-0.3, -0.25) is 4.79 Å². The van der Waals surface area contributed by atoms with Gasteiger partial charge in [-0.05, 0) is 34.1 Å². The summed E-state index contributed by atoms with van der Waals surface area (Å²) in [5.41, 5.74) is 0.355. The molecular formula is C11H7BrClN3O3. The van der Waals surface area contributed by atoms with E-state index in [0.29, 0.717) is 10.3 Å². The van der Waals surface area contributed by atoms with Crippen molar-refractivity contribution in [2.24, 2.45) is 0 Å². The zero-order chi connectivity index (χ0) is 14.0. The standard InChI is InChI=1S/C11H7BrClN3O3/c12-8-4-14-9(16-8)10(17)15-5-1-2-6(11(18)19)7(13)3-5/h1-4H,(H,14,16)(H,15,17)(H,18,19). The molecule has 0 aliphatic heterocycles. The molecular weight excluding hydrogens is 337 g/mol. The number of rotatable bonds is 3.